The van der Waals surface area contributed by atoms with Gasteiger partial charge >= 0.3 is 0 Å². The maximum absolute atomic E-state index is 12.8. The lowest BCUT2D eigenvalue weighted by Crippen LogP contribution is -2.32. The Bertz CT molecular complexity index is 777. The van der Waals surface area contributed by atoms with Gasteiger partial charge in [-0.3, -0.25) is 4.79 Å². The summed E-state index contributed by atoms with van der Waals surface area (Å²) in [5.74, 6) is -0.767. The molecule has 0 aliphatic heterocycles. The number of benzene rings is 2. The fourth-order valence-corrected chi connectivity index (χ4v) is 3.17. The summed E-state index contributed by atoms with van der Waals surface area (Å²) in [6.07, 6.45) is 0.0115. The van der Waals surface area contributed by atoms with Crippen molar-refractivity contribution < 1.29 is 17.6 Å². The van der Waals surface area contributed by atoms with Crippen molar-refractivity contribution in [3.05, 3.63) is 66.0 Å². The summed E-state index contributed by atoms with van der Waals surface area (Å²) in [5, 5.41) is 2.81. The number of halogens is 1. The predicted octanol–water partition coefficient (Wildman–Crippen LogP) is 2.37. The Morgan fingerprint density at radius 3 is 2.33 bits per heavy atom. The molecule has 2 N–H and O–H groups in total. The molecule has 0 fully saturated rings. The lowest BCUT2D eigenvalue weighted by molar-refractivity contribution is -0.121. The van der Waals surface area contributed by atoms with Gasteiger partial charge in [0, 0.05) is 13.0 Å². The highest BCUT2D eigenvalue weighted by atomic mass is 32.2. The van der Waals surface area contributed by atoms with Crippen molar-refractivity contribution in [2.45, 2.75) is 24.3 Å². The van der Waals surface area contributed by atoms with E-state index in [1.54, 1.807) is 0 Å². The molecule has 0 aliphatic rings. The van der Waals surface area contributed by atoms with Crippen LogP contribution in [-0.4, -0.2) is 20.9 Å². The highest BCUT2D eigenvalue weighted by Gasteiger charge is 2.15. The van der Waals surface area contributed by atoms with E-state index in [-0.39, 0.29) is 29.8 Å². The van der Waals surface area contributed by atoms with E-state index in [9.17, 15) is 17.6 Å². The zero-order valence-electron chi connectivity index (χ0n) is 13.2. The topological polar surface area (TPSA) is 75.3 Å². The summed E-state index contributed by atoms with van der Waals surface area (Å²) < 4.78 is 39.2. The Morgan fingerprint density at radius 2 is 1.71 bits per heavy atom. The molecule has 0 spiro atoms. The molecule has 0 saturated carbocycles. The summed E-state index contributed by atoms with van der Waals surface area (Å²) in [6, 6.07) is 13.8. The normalized spacial score (nSPS) is 12.6. The van der Waals surface area contributed by atoms with Crippen LogP contribution in [0.2, 0.25) is 0 Å². The molecular formula is C17H19FN2O3S. The van der Waals surface area contributed by atoms with E-state index in [4.69, 9.17) is 0 Å². The molecule has 7 heteroatoms. The molecule has 0 aromatic heterocycles. The summed E-state index contributed by atoms with van der Waals surface area (Å²) in [5.41, 5.74) is 0.970. The Balaban J connectivity index is 1.83. The quantitative estimate of drug-likeness (QED) is 0.805. The minimum atomic E-state index is -3.75. The van der Waals surface area contributed by atoms with Crippen molar-refractivity contribution in [3.63, 3.8) is 0 Å². The first-order chi connectivity index (χ1) is 11.4. The Kier molecular flexibility index (Phi) is 6.05. The van der Waals surface area contributed by atoms with Gasteiger partial charge in [-0.05, 0) is 36.8 Å². The number of carbonyl (C=O) groups is 1. The van der Waals surface area contributed by atoms with Crippen molar-refractivity contribution in [1.82, 2.24) is 10.0 Å². The second kappa shape index (κ2) is 8.03. The van der Waals surface area contributed by atoms with Crippen molar-refractivity contribution in [1.29, 1.82) is 0 Å². The monoisotopic (exact) mass is 350 g/mol. The van der Waals surface area contributed by atoms with E-state index in [2.05, 4.69) is 10.0 Å². The predicted molar refractivity (Wildman–Crippen MR) is 89.2 cm³/mol. The van der Waals surface area contributed by atoms with Gasteiger partial charge in [-0.1, -0.05) is 30.3 Å². The largest absolute Gasteiger partial charge is 0.350 e. The third-order valence-corrected chi connectivity index (χ3v) is 4.92. The fraction of sp³-hybridized carbons (Fsp3) is 0.235. The van der Waals surface area contributed by atoms with E-state index < -0.39 is 15.8 Å². The Labute approximate surface area is 141 Å². The van der Waals surface area contributed by atoms with Gasteiger partial charge in [0.15, 0.2) is 0 Å². The average molecular weight is 350 g/mol. The number of hydrogen-bond acceptors (Lipinski definition) is 3. The maximum Gasteiger partial charge on any atom is 0.240 e. The van der Waals surface area contributed by atoms with Gasteiger partial charge in [-0.2, -0.15) is 0 Å². The number of rotatable bonds is 7. The van der Waals surface area contributed by atoms with Crippen LogP contribution >= 0.6 is 0 Å². The van der Waals surface area contributed by atoms with Crippen LogP contribution in [0.25, 0.3) is 0 Å². The molecule has 2 rings (SSSR count). The first-order valence-corrected chi connectivity index (χ1v) is 8.96. The maximum atomic E-state index is 12.8. The Morgan fingerprint density at radius 1 is 1.08 bits per heavy atom. The van der Waals surface area contributed by atoms with Crippen molar-refractivity contribution in [2.75, 3.05) is 6.54 Å². The minimum Gasteiger partial charge on any atom is -0.350 e. The van der Waals surface area contributed by atoms with Gasteiger partial charge in [0.2, 0.25) is 15.9 Å². The molecule has 0 saturated heterocycles. The van der Waals surface area contributed by atoms with Gasteiger partial charge in [0.05, 0.1) is 10.9 Å². The van der Waals surface area contributed by atoms with Gasteiger partial charge < -0.3 is 5.32 Å². The molecule has 1 amide bonds. The van der Waals surface area contributed by atoms with E-state index in [0.29, 0.717) is 0 Å². The number of sulfonamides is 1. The van der Waals surface area contributed by atoms with Crippen LogP contribution < -0.4 is 10.0 Å². The molecule has 1 unspecified atom stereocenters. The molecule has 128 valence electrons. The molecule has 1 atom stereocenters. The molecule has 0 aliphatic carbocycles. The lowest BCUT2D eigenvalue weighted by atomic mass is 10.1. The summed E-state index contributed by atoms with van der Waals surface area (Å²) in [4.78, 5) is 11.9. The molecule has 5 nitrogen and oxygen atoms in total. The number of hydrogen-bond donors (Lipinski definition) is 2. The molecule has 2 aromatic rings. The second-order valence-electron chi connectivity index (χ2n) is 5.30. The van der Waals surface area contributed by atoms with Crippen LogP contribution in [0.3, 0.4) is 0 Å². The van der Waals surface area contributed by atoms with Gasteiger partial charge in [-0.15, -0.1) is 0 Å². The van der Waals surface area contributed by atoms with E-state index >= 15 is 0 Å². The first kappa shape index (κ1) is 18.1. The van der Waals surface area contributed by atoms with E-state index in [1.165, 1.54) is 12.1 Å². The van der Waals surface area contributed by atoms with E-state index in [1.807, 2.05) is 37.3 Å². The zero-order chi connectivity index (χ0) is 17.6. The van der Waals surface area contributed by atoms with Crippen molar-refractivity contribution in [3.8, 4) is 0 Å². The van der Waals surface area contributed by atoms with Crippen molar-refractivity contribution >= 4 is 15.9 Å². The Hall–Kier alpha value is -2.25. The standard InChI is InChI=1S/C17H19FN2O3S/c1-13(14-5-3-2-4-6-14)20-17(21)11-12-19-24(22,23)16-9-7-15(18)8-10-16/h2-10,13,19H,11-12H2,1H3,(H,20,21). The van der Waals surface area contributed by atoms with Crippen LogP contribution in [0, 0.1) is 5.82 Å². The third kappa shape index (κ3) is 5.14. The minimum absolute atomic E-state index is 0.0115. The smallest absolute Gasteiger partial charge is 0.240 e. The molecule has 0 heterocycles. The first-order valence-electron chi connectivity index (χ1n) is 7.48. The van der Waals surface area contributed by atoms with Crippen LogP contribution in [0.4, 0.5) is 4.39 Å². The van der Waals surface area contributed by atoms with Crippen LogP contribution in [-0.2, 0) is 14.8 Å². The van der Waals surface area contributed by atoms with Gasteiger partial charge in [-0.25, -0.2) is 17.5 Å². The number of carbonyl (C=O) groups excluding carboxylic acids is 1. The van der Waals surface area contributed by atoms with Gasteiger partial charge in [0.25, 0.3) is 0 Å². The average Bonchev–Trinajstić information content (AvgIpc) is 2.56. The number of amides is 1. The number of nitrogens with one attached hydrogen (secondary N) is 2. The van der Waals surface area contributed by atoms with Crippen molar-refractivity contribution in [2.24, 2.45) is 0 Å². The molecule has 0 bridgehead atoms. The summed E-state index contributed by atoms with van der Waals surface area (Å²) in [6.45, 7) is 1.82. The molecular weight excluding hydrogens is 331 g/mol. The van der Waals surface area contributed by atoms with Gasteiger partial charge in [0.1, 0.15) is 5.82 Å². The molecule has 2 aromatic carbocycles. The summed E-state index contributed by atoms with van der Waals surface area (Å²) >= 11 is 0. The van der Waals surface area contributed by atoms with E-state index in [0.717, 1.165) is 17.7 Å². The second-order valence-corrected chi connectivity index (χ2v) is 7.07. The van der Waals surface area contributed by atoms with Crippen LogP contribution in [0.1, 0.15) is 24.9 Å². The molecule has 24 heavy (non-hydrogen) atoms. The summed E-state index contributed by atoms with van der Waals surface area (Å²) in [7, 11) is -3.75. The SMILES string of the molecule is CC(NC(=O)CCNS(=O)(=O)c1ccc(F)cc1)c1ccccc1. The fourth-order valence-electron chi connectivity index (χ4n) is 2.13. The molecule has 0 radical (unpaired) electrons. The third-order valence-electron chi connectivity index (χ3n) is 3.45. The zero-order valence-corrected chi connectivity index (χ0v) is 14.0. The van der Waals surface area contributed by atoms with Crippen LogP contribution in [0.15, 0.2) is 59.5 Å². The lowest BCUT2D eigenvalue weighted by Gasteiger charge is -2.14. The van der Waals surface area contributed by atoms with Crippen LogP contribution in [0.5, 0.6) is 0 Å². The highest BCUT2D eigenvalue weighted by molar-refractivity contribution is 7.89. The highest BCUT2D eigenvalue weighted by Crippen LogP contribution is 2.11.